The molecule has 0 saturated heterocycles. The van der Waals surface area contributed by atoms with Crippen LogP contribution in [0, 0.1) is 5.82 Å². The monoisotopic (exact) mass is 324 g/mol. The molecule has 0 radical (unpaired) electrons. The Labute approximate surface area is 133 Å². The van der Waals surface area contributed by atoms with E-state index in [4.69, 9.17) is 11.6 Å². The number of carbonyl (C=O) groups is 1. The number of H-pyrrole nitrogens is 1. The van der Waals surface area contributed by atoms with E-state index in [0.29, 0.717) is 24.8 Å². The molecule has 0 aliphatic heterocycles. The minimum Gasteiger partial charge on any atom is -0.351 e. The van der Waals surface area contributed by atoms with Crippen molar-refractivity contribution in [3.8, 4) is 0 Å². The van der Waals surface area contributed by atoms with Crippen molar-refractivity contribution in [2.75, 3.05) is 13.1 Å². The van der Waals surface area contributed by atoms with E-state index in [1.165, 1.54) is 12.1 Å². The molecule has 0 aliphatic carbocycles. The number of hydrogen-bond donors (Lipinski definition) is 3. The van der Waals surface area contributed by atoms with Crippen LogP contribution < -0.4 is 10.6 Å². The molecule has 0 aliphatic rings. The Morgan fingerprint density at radius 3 is 2.86 bits per heavy atom. The minimum atomic E-state index is -0.522. The van der Waals surface area contributed by atoms with Crippen LogP contribution in [0.4, 0.5) is 4.39 Å². The van der Waals surface area contributed by atoms with Crippen LogP contribution in [0.5, 0.6) is 0 Å². The standard InChI is InChI=1S/C15H18ClFN4O/c1-2-13-11(14(16)21-20-13)9-18-7-8-19-15(22)10-5-3-4-6-12(10)17/h3-6,18H,2,7-9H2,1H3,(H,19,22)(H,20,21). The molecule has 0 fully saturated rings. The van der Waals surface area contributed by atoms with Crippen LogP contribution in [0.2, 0.25) is 5.15 Å². The van der Waals surface area contributed by atoms with Crippen molar-refractivity contribution in [2.45, 2.75) is 19.9 Å². The van der Waals surface area contributed by atoms with Crippen LogP contribution in [0.1, 0.15) is 28.5 Å². The summed E-state index contributed by atoms with van der Waals surface area (Å²) in [4.78, 5) is 11.8. The maximum absolute atomic E-state index is 13.4. The number of hydrogen-bond acceptors (Lipinski definition) is 3. The quantitative estimate of drug-likeness (QED) is 0.684. The summed E-state index contributed by atoms with van der Waals surface area (Å²) in [5.74, 6) is -0.943. The molecule has 0 spiro atoms. The van der Waals surface area contributed by atoms with E-state index in [2.05, 4.69) is 20.8 Å². The maximum Gasteiger partial charge on any atom is 0.254 e. The van der Waals surface area contributed by atoms with Crippen LogP contribution >= 0.6 is 11.6 Å². The predicted molar refractivity (Wildman–Crippen MR) is 83.4 cm³/mol. The van der Waals surface area contributed by atoms with Gasteiger partial charge in [0.1, 0.15) is 5.82 Å². The number of aromatic nitrogens is 2. The molecular weight excluding hydrogens is 307 g/mol. The van der Waals surface area contributed by atoms with E-state index in [9.17, 15) is 9.18 Å². The summed E-state index contributed by atoms with van der Waals surface area (Å²) in [5.41, 5.74) is 1.98. The highest BCUT2D eigenvalue weighted by Crippen LogP contribution is 2.16. The predicted octanol–water partition coefficient (Wildman–Crippen LogP) is 2.28. The summed E-state index contributed by atoms with van der Waals surface area (Å²) in [5, 5.41) is 13.1. The summed E-state index contributed by atoms with van der Waals surface area (Å²) in [6.07, 6.45) is 0.820. The highest BCUT2D eigenvalue weighted by atomic mass is 35.5. The van der Waals surface area contributed by atoms with Crippen LogP contribution in [0.15, 0.2) is 24.3 Å². The third-order valence-electron chi connectivity index (χ3n) is 3.26. The highest BCUT2D eigenvalue weighted by Gasteiger charge is 2.11. The molecule has 2 rings (SSSR count). The first-order valence-electron chi connectivity index (χ1n) is 7.08. The van der Waals surface area contributed by atoms with Gasteiger partial charge in [-0.05, 0) is 18.6 Å². The van der Waals surface area contributed by atoms with Gasteiger partial charge in [0.2, 0.25) is 0 Å². The molecule has 3 N–H and O–H groups in total. The summed E-state index contributed by atoms with van der Waals surface area (Å²) >= 11 is 5.99. The molecule has 5 nitrogen and oxygen atoms in total. The number of nitrogens with zero attached hydrogens (tertiary/aromatic N) is 1. The molecule has 0 saturated carbocycles. The van der Waals surface area contributed by atoms with Crippen LogP contribution in [-0.2, 0) is 13.0 Å². The van der Waals surface area contributed by atoms with Crippen molar-refractivity contribution in [3.05, 3.63) is 52.1 Å². The number of amides is 1. The zero-order chi connectivity index (χ0) is 15.9. The maximum atomic E-state index is 13.4. The zero-order valence-electron chi connectivity index (χ0n) is 12.2. The SMILES string of the molecule is CCc1[nH]nc(Cl)c1CNCCNC(=O)c1ccccc1F. The molecule has 7 heteroatoms. The normalized spacial score (nSPS) is 10.7. The highest BCUT2D eigenvalue weighted by molar-refractivity contribution is 6.30. The summed E-state index contributed by atoms with van der Waals surface area (Å²) in [6, 6.07) is 5.90. The van der Waals surface area contributed by atoms with Gasteiger partial charge >= 0.3 is 0 Å². The average Bonchev–Trinajstić information content (AvgIpc) is 2.87. The fraction of sp³-hybridized carbons (Fsp3) is 0.333. The lowest BCUT2D eigenvalue weighted by molar-refractivity contribution is 0.0950. The van der Waals surface area contributed by atoms with Gasteiger partial charge < -0.3 is 10.6 Å². The lowest BCUT2D eigenvalue weighted by atomic mass is 10.2. The Bertz CT molecular complexity index is 644. The Morgan fingerprint density at radius 2 is 2.14 bits per heavy atom. The second-order valence-electron chi connectivity index (χ2n) is 4.74. The van der Waals surface area contributed by atoms with Gasteiger partial charge in [-0.2, -0.15) is 5.10 Å². The van der Waals surface area contributed by atoms with Crippen molar-refractivity contribution < 1.29 is 9.18 Å². The lowest BCUT2D eigenvalue weighted by Gasteiger charge is -2.08. The molecule has 2 aromatic rings. The molecule has 1 amide bonds. The van der Waals surface area contributed by atoms with Gasteiger partial charge in [-0.15, -0.1) is 0 Å². The Morgan fingerprint density at radius 1 is 1.36 bits per heavy atom. The van der Waals surface area contributed by atoms with E-state index in [1.807, 2.05) is 6.92 Å². The summed E-state index contributed by atoms with van der Waals surface area (Å²) in [6.45, 7) is 3.52. The van der Waals surface area contributed by atoms with E-state index in [-0.39, 0.29) is 5.56 Å². The van der Waals surface area contributed by atoms with Gasteiger partial charge in [-0.1, -0.05) is 30.7 Å². The Hall–Kier alpha value is -1.92. The lowest BCUT2D eigenvalue weighted by Crippen LogP contribution is -2.32. The third kappa shape index (κ3) is 4.05. The minimum absolute atomic E-state index is 0.0497. The second-order valence-corrected chi connectivity index (χ2v) is 5.10. The molecule has 1 aromatic heterocycles. The first-order valence-corrected chi connectivity index (χ1v) is 7.46. The fourth-order valence-electron chi connectivity index (χ4n) is 2.07. The zero-order valence-corrected chi connectivity index (χ0v) is 13.0. The van der Waals surface area contributed by atoms with Gasteiger partial charge in [0.05, 0.1) is 5.56 Å². The smallest absolute Gasteiger partial charge is 0.254 e. The number of nitrogens with one attached hydrogen (secondary N) is 3. The van der Waals surface area contributed by atoms with Crippen LogP contribution in [-0.4, -0.2) is 29.2 Å². The van der Waals surface area contributed by atoms with Gasteiger partial charge in [-0.3, -0.25) is 9.89 Å². The van der Waals surface area contributed by atoms with Crippen molar-refractivity contribution in [3.63, 3.8) is 0 Å². The first-order chi connectivity index (χ1) is 10.6. The molecular formula is C15H18ClFN4O. The average molecular weight is 325 g/mol. The number of rotatable bonds is 7. The second kappa shape index (κ2) is 7.91. The van der Waals surface area contributed by atoms with E-state index in [1.54, 1.807) is 12.1 Å². The topological polar surface area (TPSA) is 69.8 Å². The summed E-state index contributed by atoms with van der Waals surface area (Å²) < 4.78 is 13.4. The number of carbonyl (C=O) groups excluding carboxylic acids is 1. The Kier molecular flexibility index (Phi) is 5.91. The van der Waals surface area contributed by atoms with Crippen LogP contribution in [0.3, 0.4) is 0 Å². The largest absolute Gasteiger partial charge is 0.351 e. The van der Waals surface area contributed by atoms with Gasteiger partial charge in [0.25, 0.3) is 5.91 Å². The van der Waals surface area contributed by atoms with Crippen molar-refractivity contribution in [1.29, 1.82) is 0 Å². The third-order valence-corrected chi connectivity index (χ3v) is 3.58. The van der Waals surface area contributed by atoms with Gasteiger partial charge in [0.15, 0.2) is 5.15 Å². The van der Waals surface area contributed by atoms with Crippen molar-refractivity contribution >= 4 is 17.5 Å². The number of aryl methyl sites for hydroxylation is 1. The molecule has 1 aromatic carbocycles. The molecule has 22 heavy (non-hydrogen) atoms. The van der Waals surface area contributed by atoms with Gasteiger partial charge in [-0.25, -0.2) is 4.39 Å². The van der Waals surface area contributed by atoms with Crippen molar-refractivity contribution in [1.82, 2.24) is 20.8 Å². The molecule has 0 unspecified atom stereocenters. The molecule has 1 heterocycles. The number of aromatic amines is 1. The molecule has 0 atom stereocenters. The van der Waals surface area contributed by atoms with E-state index in [0.717, 1.165) is 17.7 Å². The van der Waals surface area contributed by atoms with Crippen molar-refractivity contribution in [2.24, 2.45) is 0 Å². The summed E-state index contributed by atoms with van der Waals surface area (Å²) in [7, 11) is 0. The Balaban J connectivity index is 1.75. The molecule has 118 valence electrons. The number of halogens is 2. The van der Waals surface area contributed by atoms with E-state index < -0.39 is 11.7 Å². The fourth-order valence-corrected chi connectivity index (χ4v) is 2.29. The van der Waals surface area contributed by atoms with E-state index >= 15 is 0 Å². The molecule has 0 bridgehead atoms. The first kappa shape index (κ1) is 16.5. The van der Waals surface area contributed by atoms with Gasteiger partial charge in [0, 0.05) is 30.9 Å². The number of benzene rings is 1. The van der Waals surface area contributed by atoms with Crippen LogP contribution in [0.25, 0.3) is 0 Å².